The van der Waals surface area contributed by atoms with Gasteiger partial charge >= 0.3 is 0 Å². The highest BCUT2D eigenvalue weighted by atomic mass is 32.2. The summed E-state index contributed by atoms with van der Waals surface area (Å²) in [6.45, 7) is 0. The van der Waals surface area contributed by atoms with Gasteiger partial charge in [0.1, 0.15) is 0 Å². The normalized spacial score (nSPS) is 30.1. The number of hydrogen-bond donors (Lipinski definition) is 1. The van der Waals surface area contributed by atoms with Crippen LogP contribution in [0.5, 0.6) is 0 Å². The predicted octanol–water partition coefficient (Wildman–Crippen LogP) is 0.821. The average molecular weight is 241 g/mol. The van der Waals surface area contributed by atoms with Crippen molar-refractivity contribution in [3.05, 3.63) is 17.5 Å². The Balaban J connectivity index is 2.11. The van der Waals surface area contributed by atoms with Gasteiger partial charge in [0.25, 0.3) is 0 Å². The van der Waals surface area contributed by atoms with E-state index in [0.717, 1.165) is 36.9 Å². The lowest BCUT2D eigenvalue weighted by molar-refractivity contribution is 0.164. The molecule has 1 saturated heterocycles. The molecule has 2 aliphatic heterocycles. The zero-order valence-electron chi connectivity index (χ0n) is 9.18. The fourth-order valence-electron chi connectivity index (χ4n) is 3.05. The van der Waals surface area contributed by atoms with E-state index < -0.39 is 10.0 Å². The lowest BCUT2D eigenvalue weighted by atomic mass is 9.86. The van der Waals surface area contributed by atoms with E-state index in [0.29, 0.717) is 0 Å². The molecule has 0 aromatic carbocycles. The molecule has 2 aliphatic rings. The Morgan fingerprint density at radius 3 is 3.06 bits per heavy atom. The van der Waals surface area contributed by atoms with Crippen molar-refractivity contribution in [2.45, 2.75) is 37.8 Å². The molecule has 16 heavy (non-hydrogen) atoms. The van der Waals surface area contributed by atoms with Crippen LogP contribution in [-0.2, 0) is 16.4 Å². The molecule has 2 bridgehead atoms. The van der Waals surface area contributed by atoms with E-state index in [1.54, 1.807) is 4.31 Å². The maximum atomic E-state index is 11.8. The van der Waals surface area contributed by atoms with Crippen molar-refractivity contribution in [3.63, 3.8) is 0 Å². The molecule has 1 N–H and O–H groups in total. The monoisotopic (exact) mass is 241 g/mol. The maximum absolute atomic E-state index is 11.8. The molecule has 0 amide bonds. The lowest BCUT2D eigenvalue weighted by Crippen LogP contribution is -2.49. The van der Waals surface area contributed by atoms with E-state index >= 15 is 0 Å². The van der Waals surface area contributed by atoms with Crippen LogP contribution in [-0.4, -0.2) is 35.2 Å². The summed E-state index contributed by atoms with van der Waals surface area (Å²) in [5.74, 6) is 0. The molecule has 1 aromatic heterocycles. The van der Waals surface area contributed by atoms with E-state index in [1.165, 1.54) is 6.26 Å². The first-order valence-electron chi connectivity index (χ1n) is 5.58. The van der Waals surface area contributed by atoms with Crippen molar-refractivity contribution < 1.29 is 8.42 Å². The summed E-state index contributed by atoms with van der Waals surface area (Å²) >= 11 is 0. The molecule has 6 heteroatoms. The topological polar surface area (TPSA) is 66.1 Å². The van der Waals surface area contributed by atoms with Gasteiger partial charge in [0, 0.05) is 24.2 Å². The van der Waals surface area contributed by atoms with E-state index in [2.05, 4.69) is 10.2 Å². The third-order valence-electron chi connectivity index (χ3n) is 3.61. The van der Waals surface area contributed by atoms with Crippen molar-refractivity contribution in [3.8, 4) is 0 Å². The van der Waals surface area contributed by atoms with Crippen LogP contribution in [0.15, 0.2) is 6.20 Å². The highest BCUT2D eigenvalue weighted by molar-refractivity contribution is 7.88. The predicted molar refractivity (Wildman–Crippen MR) is 59.4 cm³/mol. The molecule has 0 spiro atoms. The first-order valence-corrected chi connectivity index (χ1v) is 7.43. The van der Waals surface area contributed by atoms with Crippen LogP contribution >= 0.6 is 0 Å². The fourth-order valence-corrected chi connectivity index (χ4v) is 4.45. The van der Waals surface area contributed by atoms with E-state index in [9.17, 15) is 8.42 Å². The summed E-state index contributed by atoms with van der Waals surface area (Å²) in [7, 11) is -3.11. The number of hydrogen-bond acceptors (Lipinski definition) is 3. The van der Waals surface area contributed by atoms with Gasteiger partial charge in [0.05, 0.1) is 18.0 Å². The Hall–Kier alpha value is -0.880. The number of nitrogens with one attached hydrogen (secondary N) is 1. The first kappa shape index (κ1) is 10.3. The summed E-state index contributed by atoms with van der Waals surface area (Å²) in [5, 5.41) is 7.06. The summed E-state index contributed by atoms with van der Waals surface area (Å²) in [4.78, 5) is 0. The molecule has 2 atom stereocenters. The van der Waals surface area contributed by atoms with E-state index in [1.807, 2.05) is 6.20 Å². The Bertz CT molecular complexity index is 508. The van der Waals surface area contributed by atoms with Crippen molar-refractivity contribution in [1.82, 2.24) is 14.5 Å². The molecule has 3 rings (SSSR count). The van der Waals surface area contributed by atoms with Gasteiger partial charge in [-0.3, -0.25) is 5.10 Å². The molecule has 1 aromatic rings. The summed E-state index contributed by atoms with van der Waals surface area (Å²) in [5.41, 5.74) is 2.12. The van der Waals surface area contributed by atoms with Crippen molar-refractivity contribution >= 4 is 10.0 Å². The van der Waals surface area contributed by atoms with Crippen LogP contribution in [0.25, 0.3) is 0 Å². The molecule has 0 radical (unpaired) electrons. The smallest absolute Gasteiger partial charge is 0.212 e. The Morgan fingerprint density at radius 1 is 1.50 bits per heavy atom. The molecule has 0 saturated carbocycles. The lowest BCUT2D eigenvalue weighted by Gasteiger charge is -2.43. The minimum absolute atomic E-state index is 0.0104. The highest BCUT2D eigenvalue weighted by Gasteiger charge is 2.43. The molecule has 2 unspecified atom stereocenters. The summed E-state index contributed by atoms with van der Waals surface area (Å²) in [6, 6.07) is 0.126. The highest BCUT2D eigenvalue weighted by Crippen LogP contribution is 2.42. The third-order valence-corrected chi connectivity index (χ3v) is 4.92. The zero-order valence-corrected chi connectivity index (χ0v) is 10.00. The van der Waals surface area contributed by atoms with Crippen LogP contribution in [0.3, 0.4) is 0 Å². The SMILES string of the molecule is CS(=O)(=O)N1C2CCCC1c1c[nH]nc1C2. The summed E-state index contributed by atoms with van der Waals surface area (Å²) in [6.07, 6.45) is 6.88. The van der Waals surface area contributed by atoms with Gasteiger partial charge in [0.2, 0.25) is 10.0 Å². The molecule has 88 valence electrons. The largest absolute Gasteiger partial charge is 0.285 e. The molecule has 3 heterocycles. The zero-order chi connectivity index (χ0) is 11.3. The number of rotatable bonds is 1. The molecule has 5 nitrogen and oxygen atoms in total. The van der Waals surface area contributed by atoms with Gasteiger partial charge in [-0.15, -0.1) is 0 Å². The average Bonchev–Trinajstić information content (AvgIpc) is 2.63. The van der Waals surface area contributed by atoms with Crippen molar-refractivity contribution in [2.75, 3.05) is 6.26 Å². The second-order valence-electron chi connectivity index (χ2n) is 4.68. The van der Waals surface area contributed by atoms with Gasteiger partial charge in [-0.1, -0.05) is 0 Å². The number of aromatic nitrogens is 2. The van der Waals surface area contributed by atoms with Crippen molar-refractivity contribution in [1.29, 1.82) is 0 Å². The molecule has 0 aliphatic carbocycles. The minimum atomic E-state index is -3.11. The van der Waals surface area contributed by atoms with Gasteiger partial charge in [-0.05, 0) is 19.3 Å². The molecular formula is C10H15N3O2S. The second kappa shape index (κ2) is 3.30. The maximum Gasteiger partial charge on any atom is 0.212 e. The number of sulfonamides is 1. The first-order chi connectivity index (χ1) is 7.57. The van der Waals surface area contributed by atoms with Crippen LogP contribution in [0.2, 0.25) is 0 Å². The Morgan fingerprint density at radius 2 is 2.31 bits per heavy atom. The fraction of sp³-hybridized carbons (Fsp3) is 0.700. The Labute approximate surface area is 94.9 Å². The van der Waals surface area contributed by atoms with Crippen LogP contribution in [0, 0.1) is 0 Å². The van der Waals surface area contributed by atoms with Crippen LogP contribution in [0.4, 0.5) is 0 Å². The van der Waals surface area contributed by atoms with Gasteiger partial charge in [-0.25, -0.2) is 8.42 Å². The van der Waals surface area contributed by atoms with Crippen LogP contribution < -0.4 is 0 Å². The number of piperidine rings is 1. The Kier molecular flexibility index (Phi) is 2.12. The summed E-state index contributed by atoms with van der Waals surface area (Å²) < 4.78 is 25.3. The van der Waals surface area contributed by atoms with Crippen LogP contribution in [0.1, 0.15) is 36.6 Å². The van der Waals surface area contributed by atoms with Gasteiger partial charge in [0.15, 0.2) is 0 Å². The van der Waals surface area contributed by atoms with Gasteiger partial charge < -0.3 is 0 Å². The third kappa shape index (κ3) is 1.40. The van der Waals surface area contributed by atoms with Crippen molar-refractivity contribution in [2.24, 2.45) is 0 Å². The van der Waals surface area contributed by atoms with Gasteiger partial charge in [-0.2, -0.15) is 9.40 Å². The number of nitrogens with zero attached hydrogens (tertiary/aromatic N) is 2. The molecular weight excluding hydrogens is 226 g/mol. The quantitative estimate of drug-likeness (QED) is 0.791. The number of fused-ring (bicyclic) bond motifs is 4. The number of H-pyrrole nitrogens is 1. The number of aromatic amines is 1. The second-order valence-corrected chi connectivity index (χ2v) is 6.57. The molecule has 1 fully saturated rings. The van der Waals surface area contributed by atoms with E-state index in [-0.39, 0.29) is 12.1 Å². The standard InChI is InChI=1S/C10H15N3O2S/c1-16(14,15)13-7-3-2-4-10(13)8-6-11-12-9(8)5-7/h6-7,10H,2-5H2,1H3,(H,11,12). The van der Waals surface area contributed by atoms with E-state index in [4.69, 9.17) is 0 Å². The minimum Gasteiger partial charge on any atom is -0.285 e.